The first-order valence-corrected chi connectivity index (χ1v) is 19.2. The number of benzene rings is 3. The number of thioether (sulfide) groups is 1. The molecule has 1 unspecified atom stereocenters. The van der Waals surface area contributed by atoms with Gasteiger partial charge in [0.15, 0.2) is 29.8 Å². The van der Waals surface area contributed by atoms with E-state index in [1.54, 1.807) is 0 Å². The highest BCUT2D eigenvalue weighted by Crippen LogP contribution is 2.42. The van der Waals surface area contributed by atoms with Gasteiger partial charge < -0.3 is 20.6 Å². The molecule has 2 atom stereocenters. The van der Waals surface area contributed by atoms with Crippen LogP contribution in [0.4, 0.5) is 13.9 Å². The Morgan fingerprint density at radius 3 is 2.18 bits per heavy atom. The summed E-state index contributed by atoms with van der Waals surface area (Å²) in [6, 6.07) is 31.9. The molecule has 0 aliphatic carbocycles. The van der Waals surface area contributed by atoms with E-state index < -0.39 is 47.1 Å². The fourth-order valence-corrected chi connectivity index (χ4v) is 8.88. The first-order chi connectivity index (χ1) is 26.7. The predicted molar refractivity (Wildman–Crippen MR) is 204 cm³/mol. The second-order valence-corrected chi connectivity index (χ2v) is 14.6. The molecule has 55 heavy (non-hydrogen) atoms. The minimum Gasteiger partial charge on any atom is -0.477 e. The molecule has 11 nitrogen and oxygen atoms in total. The number of pyridine rings is 1. The number of nitrogens with zero attached hydrogens (tertiary/aromatic N) is 4. The quantitative estimate of drug-likeness (QED) is 0.0425. The number of fused-ring (bicyclic) bond motifs is 1. The zero-order chi connectivity index (χ0) is 38.5. The number of carboxylic acids is 1. The summed E-state index contributed by atoms with van der Waals surface area (Å²) in [5, 5.41) is 20.9. The van der Waals surface area contributed by atoms with Gasteiger partial charge in [-0.15, -0.1) is 23.1 Å². The summed E-state index contributed by atoms with van der Waals surface area (Å²) in [5.74, 6) is -2.62. The van der Waals surface area contributed by atoms with Crippen molar-refractivity contribution in [2.75, 3.05) is 11.1 Å². The van der Waals surface area contributed by atoms with Crippen molar-refractivity contribution in [1.82, 2.24) is 15.2 Å². The van der Waals surface area contributed by atoms with Gasteiger partial charge in [-0.25, -0.2) is 14.3 Å². The largest absolute Gasteiger partial charge is 0.477 e. The van der Waals surface area contributed by atoms with Crippen LogP contribution < -0.4 is 15.2 Å². The van der Waals surface area contributed by atoms with Crippen LogP contribution in [0.15, 0.2) is 137 Å². The van der Waals surface area contributed by atoms with E-state index in [1.165, 1.54) is 17.1 Å². The highest BCUT2D eigenvalue weighted by molar-refractivity contribution is 8.00. The number of aliphatic carboxylic acids is 1. The van der Waals surface area contributed by atoms with Gasteiger partial charge in [-0.3, -0.25) is 14.5 Å². The van der Waals surface area contributed by atoms with Crippen LogP contribution in [0, 0.1) is 0 Å². The molecule has 2 aromatic heterocycles. The average Bonchev–Trinajstić information content (AvgIpc) is 3.67. The Kier molecular flexibility index (Phi) is 11.0. The molecular formula is C40H35F2N6O5S2+. The van der Waals surface area contributed by atoms with Gasteiger partial charge in [0.2, 0.25) is 0 Å². The number of thiazole rings is 1. The summed E-state index contributed by atoms with van der Waals surface area (Å²) in [5.41, 5.74) is 2.52. The minimum absolute atomic E-state index is 0.0756. The van der Waals surface area contributed by atoms with Crippen molar-refractivity contribution in [2.45, 2.75) is 43.5 Å². The number of amides is 2. The van der Waals surface area contributed by atoms with Crippen molar-refractivity contribution in [2.24, 2.45) is 5.16 Å². The van der Waals surface area contributed by atoms with Gasteiger partial charge in [0.1, 0.15) is 28.3 Å². The van der Waals surface area contributed by atoms with E-state index in [4.69, 9.17) is 0 Å². The summed E-state index contributed by atoms with van der Waals surface area (Å²) in [6.45, 7) is -1.06. The number of hydrogen-bond donors (Lipinski definition) is 3. The van der Waals surface area contributed by atoms with Gasteiger partial charge in [0.25, 0.3) is 11.8 Å². The number of alkyl halides is 2. The Hall–Kier alpha value is -5.93. The molecule has 0 spiro atoms. The summed E-state index contributed by atoms with van der Waals surface area (Å²) in [6.07, 6.45) is 4.56. The zero-order valence-electron chi connectivity index (χ0n) is 29.3. The number of carbonyl (C=O) groups is 3. The lowest BCUT2D eigenvalue weighted by atomic mass is 9.77. The fourth-order valence-electron chi connectivity index (χ4n) is 6.80. The van der Waals surface area contributed by atoms with E-state index in [0.29, 0.717) is 10.7 Å². The van der Waals surface area contributed by atoms with E-state index in [0.717, 1.165) is 44.9 Å². The van der Waals surface area contributed by atoms with Gasteiger partial charge >= 0.3 is 12.6 Å². The molecule has 15 heteroatoms. The van der Waals surface area contributed by atoms with Crippen LogP contribution in [-0.2, 0) is 37.7 Å². The average molecular weight is 782 g/mol. The number of β-lactam (4-membered cyclic amide) rings is 1. The third-order valence-corrected chi connectivity index (χ3v) is 11.4. The molecule has 280 valence electrons. The van der Waals surface area contributed by atoms with Crippen LogP contribution >= 0.6 is 23.1 Å². The number of aryl methyl sites for hydroxylation is 1. The van der Waals surface area contributed by atoms with Crippen LogP contribution in [0.2, 0.25) is 0 Å². The third kappa shape index (κ3) is 7.57. The zero-order valence-corrected chi connectivity index (χ0v) is 31.0. The second kappa shape index (κ2) is 16.2. The van der Waals surface area contributed by atoms with E-state index in [9.17, 15) is 28.3 Å². The fraction of sp³-hybridized carbons (Fsp3) is 0.200. The molecule has 0 saturated carbocycles. The molecule has 4 heterocycles. The molecule has 1 saturated heterocycles. The molecular weight excluding hydrogens is 747 g/mol. The summed E-state index contributed by atoms with van der Waals surface area (Å²) >= 11 is 2.42. The van der Waals surface area contributed by atoms with E-state index in [2.05, 4.69) is 25.6 Å². The number of hydrogen-bond acceptors (Lipinski definition) is 9. The molecule has 5 aromatic rings. The Morgan fingerprint density at radius 1 is 1.00 bits per heavy atom. The maximum Gasteiger partial charge on any atom is 0.407 e. The molecule has 7 rings (SSSR count). The Morgan fingerprint density at radius 2 is 1.62 bits per heavy atom. The maximum atomic E-state index is 13.8. The topological polar surface area (TPSA) is 137 Å². The molecule has 1 fully saturated rings. The van der Waals surface area contributed by atoms with Crippen molar-refractivity contribution in [3.8, 4) is 0 Å². The molecule has 3 N–H and O–H groups in total. The highest BCUT2D eigenvalue weighted by atomic mass is 32.2. The number of nitrogens with one attached hydrogen (secondary N) is 2. The monoisotopic (exact) mass is 781 g/mol. The van der Waals surface area contributed by atoms with Crippen LogP contribution in [0.25, 0.3) is 0 Å². The van der Waals surface area contributed by atoms with Gasteiger partial charge in [0.05, 0.1) is 0 Å². The van der Waals surface area contributed by atoms with Crippen molar-refractivity contribution in [3.63, 3.8) is 0 Å². The van der Waals surface area contributed by atoms with E-state index >= 15 is 0 Å². The number of aromatic nitrogens is 2. The number of rotatable bonds is 14. The molecule has 2 aliphatic rings. The Balaban J connectivity index is 1.16. The van der Waals surface area contributed by atoms with Gasteiger partial charge in [-0.05, 0) is 29.2 Å². The molecule has 2 amide bonds. The number of carbonyl (C=O) groups excluding carboxylic acids is 2. The van der Waals surface area contributed by atoms with Crippen LogP contribution in [-0.4, -0.2) is 62.3 Å². The molecule has 2 aliphatic heterocycles. The second-order valence-electron chi connectivity index (χ2n) is 12.7. The first-order valence-electron chi connectivity index (χ1n) is 17.3. The van der Waals surface area contributed by atoms with Crippen LogP contribution in [0.1, 0.15) is 34.9 Å². The smallest absolute Gasteiger partial charge is 0.407 e. The van der Waals surface area contributed by atoms with Gasteiger partial charge in [-0.2, -0.15) is 8.78 Å². The van der Waals surface area contributed by atoms with Gasteiger partial charge in [0, 0.05) is 28.3 Å². The SMILES string of the molecule is CCc1ccc[n+](CC2=C(C(=O)O)N3C(=O)C(NC(=O)/C(=N/OC(F)F)c4csc(NC(c5ccccc5)(c5ccccc5)c5ccccc5)n4)[C@H]3SC2)c1. The third-order valence-electron chi connectivity index (χ3n) is 9.34. The standard InChI is InChI=1S/C40H34F2N6O5S2/c1-2-25-13-12-20-47(21-25)22-26-23-54-36-32(35(50)48(36)33(26)37(51)52)44-34(49)31(46-53-38(41)42)30-24-55-39(43-30)45-40(27-14-6-3-7-15-27,28-16-8-4-9-17-28)29-18-10-5-11-19-29/h3-21,24,32,36,38H,2,22-23H2,1H3,(H2-,43,44,45,49,51,52)/p+1/b46-31+/t32?,36-/m1/s1. The normalized spacial score (nSPS) is 17.1. The van der Waals surface area contributed by atoms with Crippen LogP contribution in [0.3, 0.4) is 0 Å². The van der Waals surface area contributed by atoms with Crippen LogP contribution in [0.5, 0.6) is 0 Å². The summed E-state index contributed by atoms with van der Waals surface area (Å²) in [4.78, 5) is 49.8. The van der Waals surface area contributed by atoms with E-state index in [-0.39, 0.29) is 23.7 Å². The lowest BCUT2D eigenvalue weighted by Crippen LogP contribution is -2.71. The number of oxime groups is 1. The van der Waals surface area contributed by atoms with Crippen molar-refractivity contribution in [3.05, 3.63) is 160 Å². The number of carboxylic acid groups (broad SMARTS) is 1. The number of halogens is 2. The lowest BCUT2D eigenvalue weighted by molar-refractivity contribution is -0.689. The molecule has 0 radical (unpaired) electrons. The predicted octanol–water partition coefficient (Wildman–Crippen LogP) is 5.78. The maximum absolute atomic E-state index is 13.8. The van der Waals surface area contributed by atoms with E-state index in [1.807, 2.05) is 127 Å². The molecule has 3 aromatic carbocycles. The first kappa shape index (κ1) is 37.4. The summed E-state index contributed by atoms with van der Waals surface area (Å²) in [7, 11) is 0. The highest BCUT2D eigenvalue weighted by Gasteiger charge is 2.55. The number of anilines is 1. The lowest BCUT2D eigenvalue weighted by Gasteiger charge is -2.49. The Labute approximate surface area is 323 Å². The van der Waals surface area contributed by atoms with Crippen molar-refractivity contribution in [1.29, 1.82) is 0 Å². The van der Waals surface area contributed by atoms with Crippen molar-refractivity contribution < 1.29 is 37.7 Å². The van der Waals surface area contributed by atoms with Gasteiger partial charge in [-0.1, -0.05) is 103 Å². The summed E-state index contributed by atoms with van der Waals surface area (Å²) < 4.78 is 28.5. The Bertz CT molecular complexity index is 2160. The van der Waals surface area contributed by atoms with Crippen molar-refractivity contribution >= 4 is 51.7 Å². The molecule has 0 bridgehead atoms. The minimum atomic E-state index is -3.34.